The number of aromatic hydroxyl groups is 1. The van der Waals surface area contributed by atoms with Gasteiger partial charge in [0.1, 0.15) is 5.75 Å². The summed E-state index contributed by atoms with van der Waals surface area (Å²) >= 11 is 7.27. The molecular weight excluding hydrogens is 308 g/mol. The van der Waals surface area contributed by atoms with Crippen molar-refractivity contribution in [1.82, 2.24) is 9.73 Å². The van der Waals surface area contributed by atoms with Gasteiger partial charge in [-0.2, -0.15) is 5.10 Å². The second-order valence-corrected chi connectivity index (χ2v) is 6.75. The van der Waals surface area contributed by atoms with Crippen LogP contribution in [0.5, 0.6) is 5.75 Å². The van der Waals surface area contributed by atoms with Crippen LogP contribution in [0.1, 0.15) is 20.8 Å². The van der Waals surface area contributed by atoms with E-state index in [9.17, 15) is 5.11 Å². The Kier molecular flexibility index (Phi) is 5.00. The summed E-state index contributed by atoms with van der Waals surface area (Å²) in [7, 11) is 0. The van der Waals surface area contributed by atoms with Gasteiger partial charge in [-0.25, -0.2) is 5.01 Å². The monoisotopic (exact) mass is 326 g/mol. The maximum atomic E-state index is 9.55. The van der Waals surface area contributed by atoms with Crippen LogP contribution in [-0.2, 0) is 0 Å². The molecule has 0 radical (unpaired) electrons. The topological polar surface area (TPSA) is 60.2 Å². The number of halogens is 1. The van der Waals surface area contributed by atoms with Crippen LogP contribution in [0.3, 0.4) is 0 Å². The average molecular weight is 327 g/mol. The molecule has 0 aromatic heterocycles. The summed E-state index contributed by atoms with van der Waals surface area (Å²) in [6.07, 6.45) is 1.93. The van der Waals surface area contributed by atoms with Crippen molar-refractivity contribution in [1.29, 1.82) is 0 Å². The molecule has 0 aliphatic carbocycles. The van der Waals surface area contributed by atoms with Gasteiger partial charge in [-0.05, 0) is 37.1 Å². The van der Waals surface area contributed by atoms with Gasteiger partial charge in [0, 0.05) is 28.1 Å². The van der Waals surface area contributed by atoms with Gasteiger partial charge < -0.3 is 5.11 Å². The van der Waals surface area contributed by atoms with Crippen molar-refractivity contribution in [2.24, 2.45) is 15.5 Å². The summed E-state index contributed by atoms with van der Waals surface area (Å²) in [5.74, 6) is 0.838. The third kappa shape index (κ3) is 4.54. The third-order valence-electron chi connectivity index (χ3n) is 2.77. The predicted octanol–water partition coefficient (Wildman–Crippen LogP) is 3.35. The zero-order valence-electron chi connectivity index (χ0n) is 12.3. The Bertz CT molecular complexity index is 554. The van der Waals surface area contributed by atoms with Crippen LogP contribution >= 0.6 is 23.5 Å². The van der Waals surface area contributed by atoms with Gasteiger partial charge in [0.25, 0.3) is 0 Å². The lowest BCUT2D eigenvalue weighted by molar-refractivity contribution is 0.380. The lowest BCUT2D eigenvalue weighted by Crippen LogP contribution is -2.36. The molecule has 0 amide bonds. The maximum Gasteiger partial charge on any atom is 0.225 e. The van der Waals surface area contributed by atoms with Crippen molar-refractivity contribution in [3.63, 3.8) is 0 Å². The van der Waals surface area contributed by atoms with E-state index >= 15 is 0 Å². The van der Waals surface area contributed by atoms with Crippen LogP contribution in [0.25, 0.3) is 0 Å². The standard InChI is InChI=1S/C14H19ClN4OS/c1-4-16-13(19-9-14(2,3)8-17-19)18-21-12-6-10(15)5-11(20)7-12/h5-8,20H,4,9H2,1-3H3,(H,16,18). The predicted molar refractivity (Wildman–Crippen MR) is 89.1 cm³/mol. The average Bonchev–Trinajstić information content (AvgIpc) is 2.73. The lowest BCUT2D eigenvalue weighted by atomic mass is 9.97. The molecule has 114 valence electrons. The molecule has 0 bridgehead atoms. The molecule has 7 heteroatoms. The fourth-order valence-electron chi connectivity index (χ4n) is 1.85. The third-order valence-corrected chi connectivity index (χ3v) is 3.75. The Hall–Kier alpha value is -1.40. The largest absolute Gasteiger partial charge is 0.508 e. The second-order valence-electron chi connectivity index (χ2n) is 5.44. The van der Waals surface area contributed by atoms with Crippen LogP contribution < -0.4 is 4.72 Å². The Morgan fingerprint density at radius 2 is 2.29 bits per heavy atom. The van der Waals surface area contributed by atoms with Crippen LogP contribution in [0.4, 0.5) is 0 Å². The summed E-state index contributed by atoms with van der Waals surface area (Å²) in [6, 6.07) is 4.92. The van der Waals surface area contributed by atoms with Gasteiger partial charge in [-0.15, -0.1) is 0 Å². The molecular formula is C14H19ClN4OS. The highest BCUT2D eigenvalue weighted by Gasteiger charge is 2.27. The van der Waals surface area contributed by atoms with E-state index in [-0.39, 0.29) is 11.2 Å². The van der Waals surface area contributed by atoms with Gasteiger partial charge >= 0.3 is 0 Å². The molecule has 1 aliphatic rings. The number of hydrazone groups is 1. The van der Waals surface area contributed by atoms with Crippen LogP contribution in [0.2, 0.25) is 5.02 Å². The summed E-state index contributed by atoms with van der Waals surface area (Å²) < 4.78 is 3.18. The van der Waals surface area contributed by atoms with E-state index in [1.54, 1.807) is 12.1 Å². The first kappa shape index (κ1) is 16.0. The molecule has 21 heavy (non-hydrogen) atoms. The normalized spacial score (nSPS) is 17.3. The van der Waals surface area contributed by atoms with Gasteiger partial charge in [0.15, 0.2) is 0 Å². The van der Waals surface area contributed by atoms with Crippen LogP contribution in [0, 0.1) is 5.41 Å². The zero-order valence-corrected chi connectivity index (χ0v) is 13.9. The molecule has 1 aromatic rings. The molecule has 1 aliphatic heterocycles. The Balaban J connectivity index is 2.04. The van der Waals surface area contributed by atoms with E-state index in [1.807, 2.05) is 18.1 Å². The molecule has 0 saturated heterocycles. The number of benzene rings is 1. The lowest BCUT2D eigenvalue weighted by Gasteiger charge is -2.21. The number of hydrogen-bond acceptors (Lipinski definition) is 4. The van der Waals surface area contributed by atoms with Crippen molar-refractivity contribution in [2.75, 3.05) is 13.1 Å². The van der Waals surface area contributed by atoms with E-state index in [0.29, 0.717) is 17.5 Å². The number of phenols is 1. The quantitative estimate of drug-likeness (QED) is 0.508. The van der Waals surface area contributed by atoms with Gasteiger partial charge in [0.2, 0.25) is 5.96 Å². The Morgan fingerprint density at radius 1 is 1.52 bits per heavy atom. The molecule has 1 aromatic carbocycles. The van der Waals surface area contributed by atoms with E-state index < -0.39 is 0 Å². The number of guanidine groups is 1. The van der Waals surface area contributed by atoms with Gasteiger partial charge in [0.05, 0.1) is 6.54 Å². The number of nitrogens with one attached hydrogen (secondary N) is 1. The molecule has 1 heterocycles. The maximum absolute atomic E-state index is 9.55. The fraction of sp³-hybridized carbons (Fsp3) is 0.429. The molecule has 0 atom stereocenters. The number of nitrogens with zero attached hydrogens (tertiary/aromatic N) is 3. The number of rotatable bonds is 3. The van der Waals surface area contributed by atoms with E-state index in [2.05, 4.69) is 28.7 Å². The molecule has 2 rings (SSSR count). The number of aliphatic imine (C=N–C) groups is 1. The highest BCUT2D eigenvalue weighted by molar-refractivity contribution is 7.98. The molecule has 5 nitrogen and oxygen atoms in total. The summed E-state index contributed by atoms with van der Waals surface area (Å²) in [4.78, 5) is 5.24. The SMILES string of the molecule is CCN=C(NSc1cc(O)cc(Cl)c1)N1CC(C)(C)C=N1. The van der Waals surface area contributed by atoms with Crippen molar-refractivity contribution in [3.05, 3.63) is 23.2 Å². The Morgan fingerprint density at radius 3 is 2.86 bits per heavy atom. The van der Waals surface area contributed by atoms with E-state index in [1.165, 1.54) is 18.0 Å². The van der Waals surface area contributed by atoms with Gasteiger partial charge in [-0.1, -0.05) is 25.4 Å². The highest BCUT2D eigenvalue weighted by atomic mass is 35.5. The molecule has 0 spiro atoms. The molecule has 0 fully saturated rings. The number of hydrogen-bond donors (Lipinski definition) is 2. The van der Waals surface area contributed by atoms with Crippen molar-refractivity contribution < 1.29 is 5.11 Å². The smallest absolute Gasteiger partial charge is 0.225 e. The molecule has 2 N–H and O–H groups in total. The van der Waals surface area contributed by atoms with Crippen LogP contribution in [-0.4, -0.2) is 35.4 Å². The number of phenolic OH excluding ortho intramolecular Hbond substituents is 1. The van der Waals surface area contributed by atoms with E-state index in [0.717, 1.165) is 11.4 Å². The minimum Gasteiger partial charge on any atom is -0.508 e. The summed E-state index contributed by atoms with van der Waals surface area (Å²) in [6.45, 7) is 7.67. The van der Waals surface area contributed by atoms with Crippen molar-refractivity contribution in [2.45, 2.75) is 25.7 Å². The Labute approximate surface area is 134 Å². The zero-order chi connectivity index (χ0) is 15.5. The summed E-state index contributed by atoms with van der Waals surface area (Å²) in [5, 5.41) is 16.3. The minimum atomic E-state index is 0.0369. The van der Waals surface area contributed by atoms with Crippen molar-refractivity contribution in [3.8, 4) is 5.75 Å². The van der Waals surface area contributed by atoms with Gasteiger partial charge in [-0.3, -0.25) is 9.71 Å². The molecule has 0 saturated carbocycles. The van der Waals surface area contributed by atoms with E-state index in [4.69, 9.17) is 11.6 Å². The first-order valence-corrected chi connectivity index (χ1v) is 7.88. The highest BCUT2D eigenvalue weighted by Crippen LogP contribution is 2.26. The fourth-order valence-corrected chi connectivity index (χ4v) is 2.89. The molecule has 0 unspecified atom stereocenters. The second kappa shape index (κ2) is 6.58. The van der Waals surface area contributed by atoms with Crippen molar-refractivity contribution >= 4 is 35.7 Å². The first-order chi connectivity index (χ1) is 9.89. The van der Waals surface area contributed by atoms with Crippen LogP contribution in [0.15, 0.2) is 33.2 Å². The minimum absolute atomic E-state index is 0.0369. The first-order valence-electron chi connectivity index (χ1n) is 6.69. The summed E-state index contributed by atoms with van der Waals surface area (Å²) in [5.41, 5.74) is 0.0369.